The quantitative estimate of drug-likeness (QED) is 0.170. The van der Waals surface area contributed by atoms with E-state index >= 15 is 0 Å². The number of amides is 5. The Balaban J connectivity index is 0.00000152. The lowest BCUT2D eigenvalue weighted by Gasteiger charge is -2.48. The maximum Gasteiger partial charge on any atom is 0.328 e. The fourth-order valence-corrected chi connectivity index (χ4v) is 10.5. The Labute approximate surface area is 362 Å². The van der Waals surface area contributed by atoms with Crippen LogP contribution in [-0.4, -0.2) is 101 Å². The molecule has 14 nitrogen and oxygen atoms in total. The number of halogens is 1. The molecule has 0 atom stereocenters. The van der Waals surface area contributed by atoms with E-state index in [4.69, 9.17) is 22.4 Å². The van der Waals surface area contributed by atoms with Crippen LogP contribution < -0.4 is 26.2 Å². The average Bonchev–Trinajstić information content (AvgIpc) is 3.99. The van der Waals surface area contributed by atoms with E-state index in [2.05, 4.69) is 43.6 Å². The number of hydrogen-bond donors (Lipinski definition) is 3. The Hall–Kier alpha value is -5.21. The number of benzene rings is 2. The molecule has 5 amide bonds. The van der Waals surface area contributed by atoms with E-state index < -0.39 is 11.9 Å². The van der Waals surface area contributed by atoms with Crippen molar-refractivity contribution in [3.05, 3.63) is 76.1 Å². The summed E-state index contributed by atoms with van der Waals surface area (Å²) in [5.74, 6) is 0.501. The van der Waals surface area contributed by atoms with Crippen molar-refractivity contribution in [3.63, 3.8) is 0 Å². The number of carbonyl (C=O) groups excluding carboxylic acids is 4. The summed E-state index contributed by atoms with van der Waals surface area (Å²) in [7, 11) is 1.84. The number of likely N-dealkylation sites (tertiary alicyclic amines) is 2. The minimum atomic E-state index is -0.562. The smallest absolute Gasteiger partial charge is 0.328 e. The van der Waals surface area contributed by atoms with Crippen LogP contribution >= 0.6 is 11.6 Å². The van der Waals surface area contributed by atoms with Crippen molar-refractivity contribution in [1.29, 1.82) is 0 Å². The fraction of sp³-hybridized carbons (Fsp3) is 0.522. The Morgan fingerprint density at radius 1 is 0.885 bits per heavy atom. The van der Waals surface area contributed by atoms with Crippen LogP contribution in [0.1, 0.15) is 109 Å². The monoisotopic (exact) mass is 848 g/mol. The van der Waals surface area contributed by atoms with Crippen LogP contribution in [0.5, 0.6) is 0 Å². The molecule has 0 radical (unpaired) electrons. The van der Waals surface area contributed by atoms with Crippen molar-refractivity contribution in [2.24, 2.45) is 17.1 Å². The molecule has 4 N–H and O–H groups in total. The molecule has 5 fully saturated rings. The third-order valence-electron chi connectivity index (χ3n) is 14.1. The predicted molar refractivity (Wildman–Crippen MR) is 237 cm³/mol. The van der Waals surface area contributed by atoms with Crippen molar-refractivity contribution in [3.8, 4) is 0 Å². The number of rotatable bonds is 8. The lowest BCUT2D eigenvalue weighted by molar-refractivity contribution is -0.120. The van der Waals surface area contributed by atoms with Crippen LogP contribution in [0, 0.1) is 11.3 Å². The van der Waals surface area contributed by atoms with Gasteiger partial charge in [-0.3, -0.25) is 24.6 Å². The van der Waals surface area contributed by atoms with Gasteiger partial charge in [-0.05, 0) is 124 Å². The van der Waals surface area contributed by atoms with Gasteiger partial charge in [0.1, 0.15) is 5.69 Å². The SMILES string of the molecule is C1CC1.CNc1cc(N2CCc3c(CC4CCN(C5CCC6(CC5)CCN(C(=O)c5ccc(Cl)c(N7CCC(=O)NC7=O)c5)CC6)CC4)cccc32)nn2c(C(N)=O)cnc12. The van der Waals surface area contributed by atoms with Crippen molar-refractivity contribution in [2.75, 3.05) is 61.4 Å². The number of primary amides is 1. The van der Waals surface area contributed by atoms with E-state index in [0.29, 0.717) is 39.3 Å². The summed E-state index contributed by atoms with van der Waals surface area (Å²) < 4.78 is 1.54. The van der Waals surface area contributed by atoms with Gasteiger partial charge in [-0.1, -0.05) is 43.0 Å². The molecule has 61 heavy (non-hydrogen) atoms. The maximum absolute atomic E-state index is 13.6. The largest absolute Gasteiger partial charge is 0.385 e. The molecule has 4 aromatic rings. The molecule has 10 rings (SSSR count). The van der Waals surface area contributed by atoms with Crippen molar-refractivity contribution in [2.45, 2.75) is 95.9 Å². The Morgan fingerprint density at radius 2 is 1.62 bits per heavy atom. The van der Waals surface area contributed by atoms with Gasteiger partial charge in [0.25, 0.3) is 11.8 Å². The van der Waals surface area contributed by atoms with Crippen molar-refractivity contribution < 1.29 is 19.2 Å². The highest BCUT2D eigenvalue weighted by Crippen LogP contribution is 2.47. The number of nitrogens with two attached hydrogens (primary N) is 1. The summed E-state index contributed by atoms with van der Waals surface area (Å²) in [5, 5.41) is 10.7. The molecule has 2 aliphatic carbocycles. The molecule has 2 aromatic carbocycles. The number of anilines is 4. The number of imidazole rings is 1. The second kappa shape index (κ2) is 17.3. The fourth-order valence-electron chi connectivity index (χ4n) is 10.3. The first-order valence-corrected chi connectivity index (χ1v) is 22.7. The average molecular weight is 849 g/mol. The number of nitrogens with one attached hydrogen (secondary N) is 2. The van der Waals surface area contributed by atoms with Gasteiger partial charge in [-0.15, -0.1) is 5.10 Å². The minimum Gasteiger partial charge on any atom is -0.385 e. The van der Waals surface area contributed by atoms with Gasteiger partial charge in [-0.2, -0.15) is 0 Å². The normalized spacial score (nSPS) is 20.7. The van der Waals surface area contributed by atoms with Gasteiger partial charge in [0, 0.05) is 63.0 Å². The Bertz CT molecular complexity index is 2320. The topological polar surface area (TPSA) is 162 Å². The summed E-state index contributed by atoms with van der Waals surface area (Å²) in [6.45, 7) is 4.81. The number of piperidine rings is 2. The zero-order valence-corrected chi connectivity index (χ0v) is 35.9. The molecule has 1 spiro atoms. The molecule has 2 saturated carbocycles. The van der Waals surface area contributed by atoms with Gasteiger partial charge < -0.3 is 25.8 Å². The van der Waals surface area contributed by atoms with Gasteiger partial charge in [0.15, 0.2) is 11.5 Å². The predicted octanol–water partition coefficient (Wildman–Crippen LogP) is 6.95. The molecule has 0 unspecified atom stereocenters. The molecule has 15 heteroatoms. The van der Waals surface area contributed by atoms with Gasteiger partial charge in [0.05, 0.1) is 22.6 Å². The highest BCUT2D eigenvalue weighted by molar-refractivity contribution is 6.34. The molecular formula is C46H57ClN10O4. The van der Waals surface area contributed by atoms with Gasteiger partial charge >= 0.3 is 6.03 Å². The zero-order chi connectivity index (χ0) is 42.3. The standard InChI is InChI=1S/C43H51ClN10O4.C3H6/c1-46-33-25-37(49-54-36(39(45)56)26-47-40(33)54)52-19-11-31-28(3-2-4-34(31)52)23-27-9-17-50(18-10-27)30-7-13-43(14-8-30)15-21-51(22-16-43)41(57)29-5-6-32(44)35(24-29)53-20-12-38(55)48-42(53)58;1-2-3-1/h2-6,24-27,30,46H,7-23H2,1H3,(H2,45,56)(H,48,55,58);1-3H2. The van der Waals surface area contributed by atoms with E-state index in [9.17, 15) is 19.2 Å². The third-order valence-corrected chi connectivity index (χ3v) is 14.4. The van der Waals surface area contributed by atoms with Crippen LogP contribution in [0.15, 0.2) is 48.7 Å². The lowest BCUT2D eigenvalue weighted by Crippen LogP contribution is -2.50. The molecular weight excluding hydrogens is 792 g/mol. The zero-order valence-electron chi connectivity index (χ0n) is 35.1. The van der Waals surface area contributed by atoms with E-state index in [-0.39, 0.29) is 30.5 Å². The number of imide groups is 1. The van der Waals surface area contributed by atoms with E-state index in [1.807, 2.05) is 18.0 Å². The third kappa shape index (κ3) is 8.53. The van der Waals surface area contributed by atoms with Crippen LogP contribution in [0.2, 0.25) is 5.02 Å². The summed E-state index contributed by atoms with van der Waals surface area (Å²) >= 11 is 6.44. The number of fused-ring (bicyclic) bond motifs is 2. The van der Waals surface area contributed by atoms with E-state index in [1.54, 1.807) is 22.7 Å². The highest BCUT2D eigenvalue weighted by atomic mass is 35.5. The second-order valence-corrected chi connectivity index (χ2v) is 18.3. The summed E-state index contributed by atoms with van der Waals surface area (Å²) in [4.78, 5) is 62.6. The van der Waals surface area contributed by atoms with Gasteiger partial charge in [-0.25, -0.2) is 14.3 Å². The molecule has 6 aliphatic rings. The van der Waals surface area contributed by atoms with Crippen LogP contribution in [0.4, 0.5) is 27.7 Å². The Kier molecular flexibility index (Phi) is 11.7. The lowest BCUT2D eigenvalue weighted by atomic mass is 9.66. The molecule has 3 saturated heterocycles. The number of urea groups is 1. The maximum atomic E-state index is 13.6. The summed E-state index contributed by atoms with van der Waals surface area (Å²) in [5.41, 5.74) is 12.5. The van der Waals surface area contributed by atoms with Crippen LogP contribution in [0.3, 0.4) is 0 Å². The number of carbonyl (C=O) groups is 4. The number of aromatic nitrogens is 3. The minimum absolute atomic E-state index is 0.0386. The first kappa shape index (κ1) is 41.2. The number of hydrogen-bond acceptors (Lipinski definition) is 9. The first-order chi connectivity index (χ1) is 29.6. The second-order valence-electron chi connectivity index (χ2n) is 17.9. The Morgan fingerprint density at radius 3 is 2.31 bits per heavy atom. The van der Waals surface area contributed by atoms with Gasteiger partial charge in [0.2, 0.25) is 5.91 Å². The van der Waals surface area contributed by atoms with E-state index in [1.165, 1.54) is 85.7 Å². The molecule has 2 aromatic heterocycles. The van der Waals surface area contributed by atoms with Crippen molar-refractivity contribution >= 4 is 63.9 Å². The van der Waals surface area contributed by atoms with Crippen molar-refractivity contribution in [1.82, 2.24) is 29.7 Å². The molecule has 0 bridgehead atoms. The van der Waals surface area contributed by atoms with E-state index in [0.717, 1.165) is 69.9 Å². The highest BCUT2D eigenvalue weighted by Gasteiger charge is 2.41. The molecule has 4 aliphatic heterocycles. The summed E-state index contributed by atoms with van der Waals surface area (Å²) in [6, 6.07) is 13.8. The first-order valence-electron chi connectivity index (χ1n) is 22.3. The molecule has 322 valence electrons. The van der Waals surface area contributed by atoms with Crippen LogP contribution in [-0.2, 0) is 17.6 Å². The molecule has 6 heterocycles. The summed E-state index contributed by atoms with van der Waals surface area (Å²) in [6.07, 6.45) is 17.5. The van der Waals surface area contributed by atoms with Crippen LogP contribution in [0.25, 0.3) is 5.65 Å². The number of nitrogens with zero attached hydrogens (tertiary/aromatic N) is 7.